The molecule has 204 valence electrons. The second-order valence-corrected chi connectivity index (χ2v) is 10.6. The molecule has 2 aromatic carbocycles. The summed E-state index contributed by atoms with van der Waals surface area (Å²) >= 11 is 0. The van der Waals surface area contributed by atoms with Gasteiger partial charge in [0.05, 0.1) is 36.8 Å². The van der Waals surface area contributed by atoms with Crippen LogP contribution in [0.5, 0.6) is 0 Å². The van der Waals surface area contributed by atoms with Gasteiger partial charge in [0.1, 0.15) is 5.82 Å². The summed E-state index contributed by atoms with van der Waals surface area (Å²) in [6.07, 6.45) is 5.11. The number of nitrogens with one attached hydrogen (secondary N) is 1. The monoisotopic (exact) mass is 536 g/mol. The van der Waals surface area contributed by atoms with Gasteiger partial charge in [-0.15, -0.1) is 0 Å². The predicted octanol–water partition coefficient (Wildman–Crippen LogP) is 5.83. The van der Waals surface area contributed by atoms with Crippen LogP contribution in [0.15, 0.2) is 59.8 Å². The van der Waals surface area contributed by atoms with E-state index < -0.39 is 17.7 Å². The molecule has 2 amide bonds. The molecule has 1 saturated heterocycles. The first-order valence-corrected chi connectivity index (χ1v) is 13.5. The van der Waals surface area contributed by atoms with E-state index in [0.717, 1.165) is 42.3 Å². The number of fused-ring (bicyclic) bond motifs is 1. The van der Waals surface area contributed by atoms with Crippen molar-refractivity contribution in [3.8, 4) is 5.69 Å². The zero-order valence-electron chi connectivity index (χ0n) is 21.8. The lowest BCUT2D eigenvalue weighted by Gasteiger charge is -2.32. The van der Waals surface area contributed by atoms with Crippen LogP contribution in [0.2, 0.25) is 0 Å². The number of carbonyl (C=O) groups excluding carboxylic acids is 1. The lowest BCUT2D eigenvalue weighted by atomic mass is 9.78. The lowest BCUT2D eigenvalue weighted by molar-refractivity contribution is 0.0523. The molecule has 1 unspecified atom stereocenters. The number of rotatable bonds is 5. The lowest BCUT2D eigenvalue weighted by Crippen LogP contribution is -2.47. The van der Waals surface area contributed by atoms with E-state index in [1.165, 1.54) is 29.3 Å². The minimum atomic E-state index is -0.923. The number of benzene rings is 2. The third kappa shape index (κ3) is 4.95. The van der Waals surface area contributed by atoms with Crippen LogP contribution in [0, 0.1) is 23.4 Å². The maximum absolute atomic E-state index is 14.3. The molecule has 3 aliphatic rings. The van der Waals surface area contributed by atoms with Crippen molar-refractivity contribution in [2.75, 3.05) is 26.3 Å². The van der Waals surface area contributed by atoms with Crippen molar-refractivity contribution in [2.24, 2.45) is 5.92 Å². The maximum atomic E-state index is 14.3. The summed E-state index contributed by atoms with van der Waals surface area (Å²) in [5.41, 5.74) is 6.37. The van der Waals surface area contributed by atoms with Crippen LogP contribution in [0.1, 0.15) is 55.0 Å². The van der Waals surface area contributed by atoms with Crippen LogP contribution in [-0.2, 0) is 11.2 Å². The molecule has 1 aromatic heterocycles. The normalized spacial score (nSPS) is 21.5. The fraction of sp³-hybridized carbons (Fsp3) is 0.400. The van der Waals surface area contributed by atoms with E-state index in [2.05, 4.69) is 17.3 Å². The molecule has 3 aromatic rings. The molecular weight excluding hydrogens is 505 g/mol. The van der Waals surface area contributed by atoms with E-state index in [1.807, 2.05) is 10.9 Å². The van der Waals surface area contributed by atoms with Gasteiger partial charge in [-0.3, -0.25) is 0 Å². The van der Waals surface area contributed by atoms with E-state index in [-0.39, 0.29) is 23.7 Å². The summed E-state index contributed by atoms with van der Waals surface area (Å²) in [5.74, 6) is -1.80. The van der Waals surface area contributed by atoms with Crippen LogP contribution < -0.4 is 5.32 Å². The van der Waals surface area contributed by atoms with Crippen molar-refractivity contribution in [1.29, 1.82) is 0 Å². The number of urea groups is 1. The summed E-state index contributed by atoms with van der Waals surface area (Å²) in [6.45, 7) is 4.13. The van der Waals surface area contributed by atoms with Crippen LogP contribution in [-0.4, -0.2) is 47.0 Å². The topological polar surface area (TPSA) is 59.4 Å². The zero-order valence-corrected chi connectivity index (χ0v) is 21.8. The number of allylic oxidation sites excluding steroid dienone is 2. The van der Waals surface area contributed by atoms with Gasteiger partial charge in [0.25, 0.3) is 0 Å². The van der Waals surface area contributed by atoms with Crippen molar-refractivity contribution >= 4 is 6.03 Å². The Morgan fingerprint density at radius 2 is 1.87 bits per heavy atom. The number of ether oxygens (including phenoxy) is 1. The highest BCUT2D eigenvalue weighted by Gasteiger charge is 2.38. The van der Waals surface area contributed by atoms with Gasteiger partial charge in [0.15, 0.2) is 11.6 Å². The fourth-order valence-corrected chi connectivity index (χ4v) is 6.43. The second kappa shape index (κ2) is 10.5. The SMILES string of the molecule is C[C@@H]1C2=C(CC[C@@H]2CC(NC(=O)N2CCOCC2)c2ccc(F)c(F)c2)Cc2c1cnn2-c1ccc(F)cc1. The number of hydrogen-bond acceptors (Lipinski definition) is 3. The van der Waals surface area contributed by atoms with Gasteiger partial charge in [0.2, 0.25) is 0 Å². The summed E-state index contributed by atoms with van der Waals surface area (Å²) in [5, 5.41) is 7.74. The fourth-order valence-electron chi connectivity index (χ4n) is 6.43. The number of morpholine rings is 1. The Hall–Kier alpha value is -3.59. The quantitative estimate of drug-likeness (QED) is 0.418. The molecule has 0 saturated carbocycles. The molecule has 1 N–H and O–H groups in total. The summed E-state index contributed by atoms with van der Waals surface area (Å²) in [7, 11) is 0. The van der Waals surface area contributed by atoms with Gasteiger partial charge >= 0.3 is 6.03 Å². The molecule has 9 heteroatoms. The predicted molar refractivity (Wildman–Crippen MR) is 140 cm³/mol. The van der Waals surface area contributed by atoms with Gasteiger partial charge in [0, 0.05) is 31.0 Å². The van der Waals surface area contributed by atoms with Crippen LogP contribution >= 0.6 is 0 Å². The van der Waals surface area contributed by atoms with Crippen molar-refractivity contribution in [2.45, 2.75) is 44.6 Å². The molecule has 1 aliphatic heterocycles. The van der Waals surface area contributed by atoms with Crippen molar-refractivity contribution in [3.05, 3.63) is 94.1 Å². The highest BCUT2D eigenvalue weighted by molar-refractivity contribution is 5.75. The number of nitrogens with zero attached hydrogens (tertiary/aromatic N) is 3. The van der Waals surface area contributed by atoms with Crippen LogP contribution in [0.25, 0.3) is 5.69 Å². The Morgan fingerprint density at radius 1 is 1.10 bits per heavy atom. The standard InChI is InChI=1S/C30H31F3N4O2/c1-18-24-17-34-37(23-7-5-22(31)6-8-23)28(24)16-21-3-2-20(29(18)21)15-27(19-4-9-25(32)26(33)14-19)35-30(38)36-10-12-39-13-11-36/h4-9,14,17-18,20,27H,2-3,10-13,15-16H2,1H3,(H,35,38)/t18-,20+,27?/m0/s1. The zero-order chi connectivity index (χ0) is 27.1. The summed E-state index contributed by atoms with van der Waals surface area (Å²) in [4.78, 5) is 14.8. The Kier molecular flexibility index (Phi) is 6.93. The van der Waals surface area contributed by atoms with Gasteiger partial charge in [-0.1, -0.05) is 24.1 Å². The maximum Gasteiger partial charge on any atom is 0.318 e. The Labute approximate surface area is 225 Å². The van der Waals surface area contributed by atoms with E-state index in [4.69, 9.17) is 4.74 Å². The number of aromatic nitrogens is 2. The third-order valence-corrected chi connectivity index (χ3v) is 8.39. The smallest absolute Gasteiger partial charge is 0.318 e. The van der Waals surface area contributed by atoms with Gasteiger partial charge < -0.3 is 15.0 Å². The van der Waals surface area contributed by atoms with Crippen molar-refractivity contribution in [3.63, 3.8) is 0 Å². The molecule has 0 radical (unpaired) electrons. The molecule has 1 fully saturated rings. The first-order valence-electron chi connectivity index (χ1n) is 13.5. The summed E-state index contributed by atoms with van der Waals surface area (Å²) < 4.78 is 48.8. The molecule has 0 spiro atoms. The van der Waals surface area contributed by atoms with E-state index in [9.17, 15) is 18.0 Å². The number of halogens is 3. The Balaban J connectivity index is 1.26. The molecule has 0 bridgehead atoms. The molecule has 2 heterocycles. The van der Waals surface area contributed by atoms with Crippen molar-refractivity contribution < 1.29 is 22.7 Å². The average Bonchev–Trinajstić information content (AvgIpc) is 3.56. The van der Waals surface area contributed by atoms with E-state index >= 15 is 0 Å². The third-order valence-electron chi connectivity index (χ3n) is 8.39. The van der Waals surface area contributed by atoms with Crippen molar-refractivity contribution in [1.82, 2.24) is 20.0 Å². The molecule has 2 aliphatic carbocycles. The summed E-state index contributed by atoms with van der Waals surface area (Å²) in [6, 6.07) is 9.53. The number of hydrogen-bond donors (Lipinski definition) is 1. The van der Waals surface area contributed by atoms with E-state index in [1.54, 1.807) is 23.1 Å². The highest BCUT2D eigenvalue weighted by atomic mass is 19.2. The average molecular weight is 537 g/mol. The molecular formula is C30H31F3N4O2. The Morgan fingerprint density at radius 3 is 2.62 bits per heavy atom. The first-order chi connectivity index (χ1) is 18.9. The van der Waals surface area contributed by atoms with Crippen LogP contribution in [0.3, 0.4) is 0 Å². The van der Waals surface area contributed by atoms with Gasteiger partial charge in [-0.2, -0.15) is 5.10 Å². The number of carbonyl (C=O) groups is 1. The molecule has 39 heavy (non-hydrogen) atoms. The second-order valence-electron chi connectivity index (χ2n) is 10.6. The van der Waals surface area contributed by atoms with E-state index in [0.29, 0.717) is 38.3 Å². The Bertz CT molecular complexity index is 1410. The van der Waals surface area contributed by atoms with Gasteiger partial charge in [-0.25, -0.2) is 22.6 Å². The highest BCUT2D eigenvalue weighted by Crippen LogP contribution is 2.49. The molecule has 6 rings (SSSR count). The van der Waals surface area contributed by atoms with Gasteiger partial charge in [-0.05, 0) is 67.1 Å². The number of amides is 2. The molecule has 6 nitrogen and oxygen atoms in total. The first kappa shape index (κ1) is 25.7. The minimum absolute atomic E-state index is 0.131. The minimum Gasteiger partial charge on any atom is -0.378 e. The molecule has 3 atom stereocenters. The largest absolute Gasteiger partial charge is 0.378 e. The van der Waals surface area contributed by atoms with Crippen LogP contribution in [0.4, 0.5) is 18.0 Å².